The summed E-state index contributed by atoms with van der Waals surface area (Å²) in [6.07, 6.45) is 0.886. The summed E-state index contributed by atoms with van der Waals surface area (Å²) in [5.41, 5.74) is 6.61. The van der Waals surface area contributed by atoms with E-state index in [1.807, 2.05) is 31.2 Å². The number of aryl methyl sites for hydroxylation is 1. The quantitative estimate of drug-likeness (QED) is 0.878. The van der Waals surface area contributed by atoms with E-state index in [2.05, 4.69) is 15.1 Å². The molecule has 0 aliphatic carbocycles. The van der Waals surface area contributed by atoms with E-state index in [1.165, 1.54) is 0 Å². The lowest BCUT2D eigenvalue weighted by atomic mass is 10.2. The van der Waals surface area contributed by atoms with Crippen LogP contribution in [0.2, 0.25) is 0 Å². The maximum atomic E-state index is 5.62. The summed E-state index contributed by atoms with van der Waals surface area (Å²) >= 11 is 1.57. The molecule has 1 heterocycles. The van der Waals surface area contributed by atoms with Gasteiger partial charge in [0.1, 0.15) is 10.8 Å². The highest BCUT2D eigenvalue weighted by Gasteiger charge is 2.16. The van der Waals surface area contributed by atoms with Crippen molar-refractivity contribution in [1.82, 2.24) is 10.2 Å². The van der Waals surface area contributed by atoms with Crippen LogP contribution in [-0.2, 0) is 0 Å². The summed E-state index contributed by atoms with van der Waals surface area (Å²) in [6, 6.07) is 7.90. The molecule has 0 aliphatic rings. The summed E-state index contributed by atoms with van der Waals surface area (Å²) in [4.78, 5) is 2.11. The van der Waals surface area contributed by atoms with Gasteiger partial charge in [-0.15, -0.1) is 10.2 Å². The molecular weight excluding hydrogens is 260 g/mol. The molecule has 5 nitrogen and oxygen atoms in total. The van der Waals surface area contributed by atoms with Gasteiger partial charge in [0.25, 0.3) is 0 Å². The summed E-state index contributed by atoms with van der Waals surface area (Å²) in [5.74, 6) is 0.826. The maximum Gasteiger partial charge on any atom is 0.212 e. The third kappa shape index (κ3) is 3.21. The van der Waals surface area contributed by atoms with E-state index in [1.54, 1.807) is 18.4 Å². The van der Waals surface area contributed by atoms with Crippen LogP contribution in [0.3, 0.4) is 0 Å². The van der Waals surface area contributed by atoms with Crippen molar-refractivity contribution in [3.63, 3.8) is 0 Å². The van der Waals surface area contributed by atoms with E-state index in [9.17, 15) is 0 Å². The summed E-state index contributed by atoms with van der Waals surface area (Å²) in [5, 5.41) is 10.1. The predicted molar refractivity (Wildman–Crippen MR) is 78.3 cm³/mol. The van der Waals surface area contributed by atoms with Gasteiger partial charge >= 0.3 is 0 Å². The topological polar surface area (TPSA) is 64.3 Å². The van der Waals surface area contributed by atoms with Crippen molar-refractivity contribution in [2.24, 2.45) is 5.73 Å². The zero-order valence-corrected chi connectivity index (χ0v) is 12.0. The molecule has 0 fully saturated rings. The average Bonchev–Trinajstić information content (AvgIpc) is 2.86. The highest BCUT2D eigenvalue weighted by atomic mass is 32.1. The monoisotopic (exact) mass is 278 g/mol. The van der Waals surface area contributed by atoms with Gasteiger partial charge < -0.3 is 15.4 Å². The van der Waals surface area contributed by atoms with Crippen LogP contribution in [-0.4, -0.2) is 30.4 Å². The number of ether oxygens (including phenoxy) is 1. The molecule has 1 aromatic heterocycles. The molecule has 0 radical (unpaired) electrons. The molecule has 0 amide bonds. The second-order valence-corrected chi connectivity index (χ2v) is 5.23. The smallest absolute Gasteiger partial charge is 0.212 e. The van der Waals surface area contributed by atoms with E-state index >= 15 is 0 Å². The van der Waals surface area contributed by atoms with E-state index < -0.39 is 0 Å². The first-order chi connectivity index (χ1) is 9.26. The van der Waals surface area contributed by atoms with E-state index in [-0.39, 0.29) is 0 Å². The molecule has 2 aromatic rings. The summed E-state index contributed by atoms with van der Waals surface area (Å²) < 4.78 is 5.42. The van der Waals surface area contributed by atoms with Crippen molar-refractivity contribution in [2.75, 3.05) is 25.1 Å². The van der Waals surface area contributed by atoms with Crippen LogP contribution in [0, 0.1) is 6.92 Å². The van der Waals surface area contributed by atoms with Crippen LogP contribution < -0.4 is 15.4 Å². The highest BCUT2D eigenvalue weighted by Crippen LogP contribution is 2.34. The normalized spacial score (nSPS) is 10.5. The first-order valence-corrected chi connectivity index (χ1v) is 6.98. The molecule has 102 valence electrons. The van der Waals surface area contributed by atoms with Gasteiger partial charge in [-0.2, -0.15) is 0 Å². The fourth-order valence-corrected chi connectivity index (χ4v) is 2.54. The predicted octanol–water partition coefficient (Wildman–Crippen LogP) is 2.34. The van der Waals surface area contributed by atoms with Gasteiger partial charge in [-0.05, 0) is 32.0 Å². The van der Waals surface area contributed by atoms with Crippen LogP contribution in [0.4, 0.5) is 10.8 Å². The first kappa shape index (κ1) is 13.8. The maximum absolute atomic E-state index is 5.62. The minimum absolute atomic E-state index is 0.642. The number of methoxy groups -OCH3 is 1. The Morgan fingerprint density at radius 1 is 1.32 bits per heavy atom. The van der Waals surface area contributed by atoms with Crippen molar-refractivity contribution < 1.29 is 4.74 Å². The van der Waals surface area contributed by atoms with Crippen molar-refractivity contribution in [3.05, 3.63) is 29.3 Å². The van der Waals surface area contributed by atoms with E-state index in [4.69, 9.17) is 10.5 Å². The number of benzene rings is 1. The average molecular weight is 278 g/mol. The van der Waals surface area contributed by atoms with Gasteiger partial charge in [-0.3, -0.25) is 0 Å². The summed E-state index contributed by atoms with van der Waals surface area (Å²) in [6.45, 7) is 3.39. The molecule has 2 N–H and O–H groups in total. The minimum atomic E-state index is 0.642. The zero-order valence-electron chi connectivity index (χ0n) is 11.2. The second-order valence-electron chi connectivity index (χ2n) is 4.07. The van der Waals surface area contributed by atoms with Crippen molar-refractivity contribution >= 4 is 22.2 Å². The lowest BCUT2D eigenvalue weighted by molar-refractivity contribution is 0.415. The molecule has 6 heteroatoms. The number of nitrogens with zero attached hydrogens (tertiary/aromatic N) is 3. The third-order valence-corrected chi connectivity index (χ3v) is 3.57. The third-order valence-electron chi connectivity index (χ3n) is 2.71. The molecular formula is C13H18N4OS. The Morgan fingerprint density at radius 3 is 2.74 bits per heavy atom. The first-order valence-electron chi connectivity index (χ1n) is 6.17. The highest BCUT2D eigenvalue weighted by molar-refractivity contribution is 7.15. The number of nitrogens with two attached hydrogens (primary N) is 1. The molecule has 0 unspecified atom stereocenters. The lowest BCUT2D eigenvalue weighted by Gasteiger charge is -2.23. The fraction of sp³-hybridized carbons (Fsp3) is 0.385. The van der Waals surface area contributed by atoms with Crippen LogP contribution in [0.1, 0.15) is 11.4 Å². The zero-order chi connectivity index (χ0) is 13.7. The minimum Gasteiger partial charge on any atom is -0.495 e. The molecule has 0 spiro atoms. The Hall–Kier alpha value is -1.66. The molecule has 0 saturated carbocycles. The second kappa shape index (κ2) is 6.49. The van der Waals surface area contributed by atoms with Crippen molar-refractivity contribution in [2.45, 2.75) is 13.3 Å². The van der Waals surface area contributed by atoms with Crippen molar-refractivity contribution in [1.29, 1.82) is 0 Å². The van der Waals surface area contributed by atoms with Gasteiger partial charge in [-0.25, -0.2) is 0 Å². The molecule has 0 aliphatic heterocycles. The van der Waals surface area contributed by atoms with Gasteiger partial charge in [0.05, 0.1) is 12.8 Å². The Balaban J connectivity index is 2.36. The van der Waals surface area contributed by atoms with E-state index in [0.717, 1.165) is 34.5 Å². The Morgan fingerprint density at radius 2 is 2.11 bits per heavy atom. The molecule has 0 bridgehead atoms. The number of hydrogen-bond donors (Lipinski definition) is 1. The lowest BCUT2D eigenvalue weighted by Crippen LogP contribution is -2.21. The van der Waals surface area contributed by atoms with Crippen LogP contribution >= 0.6 is 11.3 Å². The van der Waals surface area contributed by atoms with Crippen LogP contribution in [0.15, 0.2) is 24.3 Å². The van der Waals surface area contributed by atoms with Crippen molar-refractivity contribution in [3.8, 4) is 5.75 Å². The number of aromatic nitrogens is 2. The Kier molecular flexibility index (Phi) is 4.70. The van der Waals surface area contributed by atoms with Gasteiger partial charge in [0.15, 0.2) is 0 Å². The molecule has 2 rings (SSSR count). The molecule has 19 heavy (non-hydrogen) atoms. The van der Waals surface area contributed by atoms with Crippen LogP contribution in [0.25, 0.3) is 0 Å². The Bertz CT molecular complexity index is 529. The molecule has 0 atom stereocenters. The summed E-state index contributed by atoms with van der Waals surface area (Å²) in [7, 11) is 1.67. The van der Waals surface area contributed by atoms with Gasteiger partial charge in [0.2, 0.25) is 5.13 Å². The largest absolute Gasteiger partial charge is 0.495 e. The van der Waals surface area contributed by atoms with E-state index in [0.29, 0.717) is 6.54 Å². The molecule has 1 aromatic carbocycles. The fourth-order valence-electron chi connectivity index (χ4n) is 1.82. The number of para-hydroxylation sites is 2. The number of anilines is 2. The van der Waals surface area contributed by atoms with Gasteiger partial charge in [-0.1, -0.05) is 23.5 Å². The van der Waals surface area contributed by atoms with Gasteiger partial charge in [0, 0.05) is 6.54 Å². The number of hydrogen-bond acceptors (Lipinski definition) is 6. The van der Waals surface area contributed by atoms with Crippen LogP contribution in [0.5, 0.6) is 5.75 Å². The SMILES string of the molecule is COc1ccccc1N(CCCN)c1nnc(C)s1. The molecule has 0 saturated heterocycles. The Labute approximate surface area is 117 Å². The number of rotatable bonds is 6. The standard InChI is InChI=1S/C13H18N4OS/c1-10-15-16-13(19-10)17(9-5-8-14)11-6-3-4-7-12(11)18-2/h3-4,6-7H,5,8-9,14H2,1-2H3.